The number of carbonyl (C=O) groups excluding carboxylic acids is 2. The number of carbonyl (C=O) groups is 2. The summed E-state index contributed by atoms with van der Waals surface area (Å²) in [7, 11) is -3.51. The van der Waals surface area contributed by atoms with Crippen molar-refractivity contribution in [1.82, 2.24) is 4.90 Å². The van der Waals surface area contributed by atoms with Crippen LogP contribution in [0.3, 0.4) is 0 Å². The van der Waals surface area contributed by atoms with E-state index in [0.717, 1.165) is 50.8 Å². The van der Waals surface area contributed by atoms with Gasteiger partial charge in [0.05, 0.1) is 16.5 Å². The Kier molecular flexibility index (Phi) is 7.13. The van der Waals surface area contributed by atoms with Crippen LogP contribution in [0.5, 0.6) is 0 Å². The SMILES string of the molecule is CS(=O)(=O)c1ccc(NC(=O)CC2CCN(C(=O)C3CCCC[C@@H]3N)CC2)c(F)c1. The molecule has 7 nitrogen and oxygen atoms in total. The van der Waals surface area contributed by atoms with E-state index in [1.165, 1.54) is 12.1 Å². The third kappa shape index (κ3) is 5.57. The standard InChI is InChI=1S/C21H30FN3O4S/c1-30(28,29)15-6-7-19(17(22)13-15)24-20(26)12-14-8-10-25(11-9-14)21(27)16-4-2-3-5-18(16)23/h6-7,13-14,16,18H,2-5,8-12,23H2,1H3,(H,24,26)/t16?,18-/m0/s1. The molecular weight excluding hydrogens is 409 g/mol. The number of nitrogens with zero attached hydrogens (tertiary/aromatic N) is 1. The zero-order valence-electron chi connectivity index (χ0n) is 17.3. The highest BCUT2D eigenvalue weighted by Gasteiger charge is 2.33. The summed E-state index contributed by atoms with van der Waals surface area (Å²) in [5.74, 6) is -0.933. The number of anilines is 1. The van der Waals surface area contributed by atoms with Crippen LogP contribution in [-0.4, -0.2) is 50.5 Å². The third-order valence-electron chi connectivity index (χ3n) is 6.18. The predicted molar refractivity (Wildman–Crippen MR) is 112 cm³/mol. The molecule has 1 saturated carbocycles. The van der Waals surface area contributed by atoms with Gasteiger partial charge in [0.15, 0.2) is 9.84 Å². The Labute approximate surface area is 177 Å². The Balaban J connectivity index is 1.49. The summed E-state index contributed by atoms with van der Waals surface area (Å²) < 4.78 is 37.1. The summed E-state index contributed by atoms with van der Waals surface area (Å²) in [6, 6.07) is 3.39. The number of likely N-dealkylation sites (tertiary alicyclic amines) is 1. The number of rotatable bonds is 5. The van der Waals surface area contributed by atoms with Crippen LogP contribution in [0.1, 0.15) is 44.9 Å². The minimum atomic E-state index is -3.51. The van der Waals surface area contributed by atoms with Gasteiger partial charge in [-0.3, -0.25) is 9.59 Å². The van der Waals surface area contributed by atoms with E-state index in [4.69, 9.17) is 5.73 Å². The molecule has 2 amide bonds. The van der Waals surface area contributed by atoms with Gasteiger partial charge in [0.1, 0.15) is 5.82 Å². The van der Waals surface area contributed by atoms with Gasteiger partial charge in [0, 0.05) is 31.8 Å². The van der Waals surface area contributed by atoms with Gasteiger partial charge in [0.25, 0.3) is 0 Å². The summed E-state index contributed by atoms with van der Waals surface area (Å²) in [5.41, 5.74) is 6.10. The quantitative estimate of drug-likeness (QED) is 0.732. The molecule has 1 saturated heterocycles. The molecule has 166 valence electrons. The van der Waals surface area contributed by atoms with Crippen molar-refractivity contribution < 1.29 is 22.4 Å². The average molecular weight is 440 g/mol. The average Bonchev–Trinajstić information content (AvgIpc) is 2.69. The van der Waals surface area contributed by atoms with E-state index < -0.39 is 15.7 Å². The van der Waals surface area contributed by atoms with E-state index in [0.29, 0.717) is 13.1 Å². The zero-order chi connectivity index (χ0) is 21.9. The highest BCUT2D eigenvalue weighted by atomic mass is 32.2. The molecule has 1 aliphatic heterocycles. The van der Waals surface area contributed by atoms with Gasteiger partial charge >= 0.3 is 0 Å². The van der Waals surface area contributed by atoms with Gasteiger partial charge in [-0.25, -0.2) is 12.8 Å². The summed E-state index contributed by atoms with van der Waals surface area (Å²) in [4.78, 5) is 26.8. The summed E-state index contributed by atoms with van der Waals surface area (Å²) in [6.07, 6.45) is 6.55. The second kappa shape index (κ2) is 9.43. The maximum atomic E-state index is 14.1. The van der Waals surface area contributed by atoms with Crippen LogP contribution >= 0.6 is 0 Å². The van der Waals surface area contributed by atoms with E-state index in [1.54, 1.807) is 0 Å². The lowest BCUT2D eigenvalue weighted by atomic mass is 9.83. The number of amides is 2. The topological polar surface area (TPSA) is 110 Å². The van der Waals surface area contributed by atoms with Crippen molar-refractivity contribution in [3.05, 3.63) is 24.0 Å². The normalized spacial score (nSPS) is 23.2. The van der Waals surface area contributed by atoms with E-state index >= 15 is 0 Å². The van der Waals surface area contributed by atoms with Crippen molar-refractivity contribution in [2.24, 2.45) is 17.6 Å². The fourth-order valence-electron chi connectivity index (χ4n) is 4.35. The largest absolute Gasteiger partial charge is 0.342 e. The van der Waals surface area contributed by atoms with Crippen molar-refractivity contribution >= 4 is 27.3 Å². The molecule has 1 unspecified atom stereocenters. The number of hydrogen-bond acceptors (Lipinski definition) is 5. The lowest BCUT2D eigenvalue weighted by molar-refractivity contribution is -0.138. The zero-order valence-corrected chi connectivity index (χ0v) is 18.1. The first kappa shape index (κ1) is 22.7. The van der Waals surface area contributed by atoms with Crippen LogP contribution in [0.4, 0.5) is 10.1 Å². The molecule has 0 spiro atoms. The maximum absolute atomic E-state index is 14.1. The molecule has 1 aromatic carbocycles. The first-order valence-corrected chi connectivity index (χ1v) is 12.4. The molecule has 30 heavy (non-hydrogen) atoms. The van der Waals surface area contributed by atoms with Gasteiger partial charge in [-0.2, -0.15) is 0 Å². The minimum absolute atomic E-state index is 0.0358. The van der Waals surface area contributed by atoms with Crippen molar-refractivity contribution in [2.75, 3.05) is 24.7 Å². The molecule has 1 heterocycles. The Morgan fingerprint density at radius 3 is 2.43 bits per heavy atom. The molecule has 0 aromatic heterocycles. The Hall–Kier alpha value is -2.00. The van der Waals surface area contributed by atoms with Crippen molar-refractivity contribution in [1.29, 1.82) is 0 Å². The lowest BCUT2D eigenvalue weighted by Gasteiger charge is -2.37. The number of piperidine rings is 1. The molecule has 3 N–H and O–H groups in total. The van der Waals surface area contributed by atoms with Gasteiger partial charge in [-0.15, -0.1) is 0 Å². The highest BCUT2D eigenvalue weighted by molar-refractivity contribution is 7.90. The smallest absolute Gasteiger partial charge is 0.227 e. The second-order valence-electron chi connectivity index (χ2n) is 8.49. The van der Waals surface area contributed by atoms with Crippen molar-refractivity contribution in [3.63, 3.8) is 0 Å². The Morgan fingerprint density at radius 1 is 1.17 bits per heavy atom. The molecule has 1 aliphatic carbocycles. The van der Waals surface area contributed by atoms with Crippen LogP contribution < -0.4 is 11.1 Å². The molecule has 1 aromatic rings. The molecule has 2 aliphatic rings. The highest BCUT2D eigenvalue weighted by Crippen LogP contribution is 2.28. The number of nitrogens with one attached hydrogen (secondary N) is 1. The van der Waals surface area contributed by atoms with Gasteiger partial charge in [0.2, 0.25) is 11.8 Å². The monoisotopic (exact) mass is 439 g/mol. The Morgan fingerprint density at radius 2 is 1.83 bits per heavy atom. The number of hydrogen-bond donors (Lipinski definition) is 2. The summed E-state index contributed by atoms with van der Waals surface area (Å²) in [6.45, 7) is 1.22. The van der Waals surface area contributed by atoms with E-state index in [1.807, 2.05) is 4.90 Å². The van der Waals surface area contributed by atoms with E-state index in [-0.39, 0.29) is 46.7 Å². The molecule has 3 rings (SSSR count). The number of halogens is 1. The van der Waals surface area contributed by atoms with Crippen LogP contribution in [-0.2, 0) is 19.4 Å². The number of nitrogens with two attached hydrogens (primary N) is 1. The number of benzene rings is 1. The summed E-state index contributed by atoms with van der Waals surface area (Å²) in [5, 5.41) is 2.52. The van der Waals surface area contributed by atoms with Crippen LogP contribution in [0.15, 0.2) is 23.1 Å². The lowest BCUT2D eigenvalue weighted by Crippen LogP contribution is -2.48. The van der Waals surface area contributed by atoms with Crippen molar-refractivity contribution in [2.45, 2.75) is 55.9 Å². The fraction of sp³-hybridized carbons (Fsp3) is 0.619. The second-order valence-corrected chi connectivity index (χ2v) is 10.5. The molecule has 0 bridgehead atoms. The Bertz CT molecular complexity index is 898. The molecular formula is C21H30FN3O4S. The van der Waals surface area contributed by atoms with E-state index in [9.17, 15) is 22.4 Å². The van der Waals surface area contributed by atoms with Gasteiger partial charge < -0.3 is 16.0 Å². The van der Waals surface area contributed by atoms with Gasteiger partial charge in [-0.05, 0) is 49.8 Å². The molecule has 0 radical (unpaired) electrons. The summed E-state index contributed by atoms with van der Waals surface area (Å²) >= 11 is 0. The maximum Gasteiger partial charge on any atom is 0.227 e. The first-order valence-electron chi connectivity index (χ1n) is 10.5. The van der Waals surface area contributed by atoms with E-state index in [2.05, 4.69) is 5.32 Å². The van der Waals surface area contributed by atoms with Crippen LogP contribution in [0, 0.1) is 17.7 Å². The number of sulfone groups is 1. The minimum Gasteiger partial charge on any atom is -0.342 e. The molecule has 2 fully saturated rings. The molecule has 2 atom stereocenters. The third-order valence-corrected chi connectivity index (χ3v) is 7.29. The van der Waals surface area contributed by atoms with Gasteiger partial charge in [-0.1, -0.05) is 12.8 Å². The fourth-order valence-corrected chi connectivity index (χ4v) is 4.98. The predicted octanol–water partition coefficient (Wildman–Crippen LogP) is 2.31. The van der Waals surface area contributed by atoms with Crippen molar-refractivity contribution in [3.8, 4) is 0 Å². The first-order chi connectivity index (χ1) is 14.1. The van der Waals surface area contributed by atoms with Crippen LogP contribution in [0.2, 0.25) is 0 Å². The van der Waals surface area contributed by atoms with Crippen LogP contribution in [0.25, 0.3) is 0 Å². The molecule has 9 heteroatoms.